The summed E-state index contributed by atoms with van der Waals surface area (Å²) in [6, 6.07) is 12.4. The number of nitrogens with zero attached hydrogens (tertiary/aromatic N) is 5. The van der Waals surface area contributed by atoms with Crippen LogP contribution in [0.5, 0.6) is 5.75 Å². The third-order valence-electron chi connectivity index (χ3n) is 5.82. The van der Waals surface area contributed by atoms with Crippen LogP contribution in [0.2, 0.25) is 0 Å². The summed E-state index contributed by atoms with van der Waals surface area (Å²) in [7, 11) is 3.56. The molecule has 0 spiro atoms. The van der Waals surface area contributed by atoms with Crippen molar-refractivity contribution >= 4 is 17.5 Å². The molecule has 4 rings (SSSR count). The van der Waals surface area contributed by atoms with Gasteiger partial charge in [0.25, 0.3) is 0 Å². The second-order valence-corrected chi connectivity index (χ2v) is 7.66. The molecule has 1 aromatic carbocycles. The Morgan fingerprint density at radius 1 is 1.06 bits per heavy atom. The Morgan fingerprint density at radius 3 is 2.61 bits per heavy atom. The zero-order valence-electron chi connectivity index (χ0n) is 18.5. The van der Waals surface area contributed by atoms with Gasteiger partial charge in [0, 0.05) is 76.4 Å². The lowest BCUT2D eigenvalue weighted by molar-refractivity contribution is 0.122. The molecule has 2 saturated heterocycles. The van der Waals surface area contributed by atoms with Gasteiger partial charge in [-0.2, -0.15) is 0 Å². The second kappa shape index (κ2) is 10.3. The number of piperazine rings is 1. The molecule has 2 aliphatic heterocycles. The van der Waals surface area contributed by atoms with E-state index in [9.17, 15) is 0 Å². The number of morpholine rings is 1. The van der Waals surface area contributed by atoms with Gasteiger partial charge in [0.05, 0.1) is 20.3 Å². The van der Waals surface area contributed by atoms with Crippen LogP contribution >= 0.6 is 0 Å². The molecule has 0 saturated carbocycles. The van der Waals surface area contributed by atoms with Crippen molar-refractivity contribution in [3.8, 4) is 5.75 Å². The minimum atomic E-state index is 0.698. The quantitative estimate of drug-likeness (QED) is 0.580. The highest BCUT2D eigenvalue weighted by Gasteiger charge is 2.21. The van der Waals surface area contributed by atoms with Gasteiger partial charge in [0.15, 0.2) is 5.96 Å². The van der Waals surface area contributed by atoms with Gasteiger partial charge in [-0.05, 0) is 18.2 Å². The molecule has 2 fully saturated rings. The van der Waals surface area contributed by atoms with Gasteiger partial charge >= 0.3 is 0 Å². The first-order valence-corrected chi connectivity index (χ1v) is 10.9. The third kappa shape index (κ3) is 5.19. The minimum Gasteiger partial charge on any atom is -0.497 e. The van der Waals surface area contributed by atoms with Crippen LogP contribution in [-0.4, -0.2) is 82.5 Å². The summed E-state index contributed by atoms with van der Waals surface area (Å²) in [6.07, 6.45) is 1.86. The molecule has 2 aliphatic rings. The molecule has 166 valence electrons. The van der Waals surface area contributed by atoms with Gasteiger partial charge in [-0.1, -0.05) is 12.1 Å². The van der Waals surface area contributed by atoms with Gasteiger partial charge in [-0.15, -0.1) is 0 Å². The molecule has 0 unspecified atom stereocenters. The fourth-order valence-corrected chi connectivity index (χ4v) is 4.12. The summed E-state index contributed by atoms with van der Waals surface area (Å²) >= 11 is 0. The van der Waals surface area contributed by atoms with Gasteiger partial charge in [0.1, 0.15) is 11.6 Å². The van der Waals surface area contributed by atoms with E-state index < -0.39 is 0 Å². The van der Waals surface area contributed by atoms with E-state index in [1.165, 1.54) is 11.3 Å². The molecule has 0 amide bonds. The number of aromatic nitrogens is 1. The molecular formula is C23H32N6O2. The van der Waals surface area contributed by atoms with Crippen LogP contribution in [-0.2, 0) is 11.3 Å². The Morgan fingerprint density at radius 2 is 1.87 bits per heavy atom. The number of aliphatic imine (C=N–C) groups is 1. The fraction of sp³-hybridized carbons (Fsp3) is 0.478. The average molecular weight is 425 g/mol. The fourth-order valence-electron chi connectivity index (χ4n) is 4.12. The molecule has 8 nitrogen and oxygen atoms in total. The topological polar surface area (TPSA) is 65.5 Å². The van der Waals surface area contributed by atoms with Crippen molar-refractivity contribution in [2.24, 2.45) is 4.99 Å². The first-order valence-electron chi connectivity index (χ1n) is 10.9. The van der Waals surface area contributed by atoms with Gasteiger partial charge in [-0.25, -0.2) is 4.98 Å². The van der Waals surface area contributed by atoms with Crippen LogP contribution in [0.1, 0.15) is 5.56 Å². The highest BCUT2D eigenvalue weighted by molar-refractivity contribution is 5.80. The van der Waals surface area contributed by atoms with E-state index in [2.05, 4.69) is 48.2 Å². The lowest BCUT2D eigenvalue weighted by atomic mass is 10.2. The van der Waals surface area contributed by atoms with Gasteiger partial charge in [0.2, 0.25) is 0 Å². The van der Waals surface area contributed by atoms with Crippen LogP contribution < -0.4 is 19.9 Å². The Kier molecular flexibility index (Phi) is 7.09. The van der Waals surface area contributed by atoms with Crippen molar-refractivity contribution in [3.63, 3.8) is 0 Å². The average Bonchev–Trinajstić information content (AvgIpc) is 2.85. The zero-order chi connectivity index (χ0) is 21.5. The van der Waals surface area contributed by atoms with Crippen LogP contribution in [0.3, 0.4) is 0 Å². The Bertz CT molecular complexity index is 876. The highest BCUT2D eigenvalue weighted by atomic mass is 16.5. The SMILES string of the molecule is CN=C(NCc1cccnc1N1CCOCC1)N1CCN(c2cccc(OC)c2)CC1. The summed E-state index contributed by atoms with van der Waals surface area (Å²) in [6.45, 7) is 7.69. The molecule has 1 N–H and O–H groups in total. The lowest BCUT2D eigenvalue weighted by Crippen LogP contribution is -2.52. The predicted molar refractivity (Wildman–Crippen MR) is 124 cm³/mol. The smallest absolute Gasteiger partial charge is 0.194 e. The number of rotatable bonds is 5. The number of anilines is 2. The van der Waals surface area contributed by atoms with Crippen LogP contribution in [0.4, 0.5) is 11.5 Å². The first-order chi connectivity index (χ1) is 15.3. The van der Waals surface area contributed by atoms with Crippen molar-refractivity contribution in [3.05, 3.63) is 48.2 Å². The van der Waals surface area contributed by atoms with E-state index in [-0.39, 0.29) is 0 Å². The van der Waals surface area contributed by atoms with E-state index >= 15 is 0 Å². The van der Waals surface area contributed by atoms with Crippen LogP contribution in [0.15, 0.2) is 47.6 Å². The molecule has 0 atom stereocenters. The van der Waals surface area contributed by atoms with E-state index in [1.807, 2.05) is 31.4 Å². The maximum absolute atomic E-state index is 5.49. The van der Waals surface area contributed by atoms with Crippen molar-refractivity contribution in [2.75, 3.05) is 76.4 Å². The summed E-state index contributed by atoms with van der Waals surface area (Å²) in [4.78, 5) is 16.2. The van der Waals surface area contributed by atoms with Crippen molar-refractivity contribution in [2.45, 2.75) is 6.54 Å². The predicted octanol–water partition coefficient (Wildman–Crippen LogP) is 1.82. The number of methoxy groups -OCH3 is 1. The van der Waals surface area contributed by atoms with E-state index in [0.29, 0.717) is 6.54 Å². The third-order valence-corrected chi connectivity index (χ3v) is 5.82. The van der Waals surface area contributed by atoms with E-state index in [1.54, 1.807) is 7.11 Å². The summed E-state index contributed by atoms with van der Waals surface area (Å²) in [5.74, 6) is 2.86. The molecule has 3 heterocycles. The van der Waals surface area contributed by atoms with Crippen molar-refractivity contribution < 1.29 is 9.47 Å². The normalized spacial score (nSPS) is 17.6. The number of hydrogen-bond donors (Lipinski definition) is 1. The molecule has 8 heteroatoms. The second-order valence-electron chi connectivity index (χ2n) is 7.66. The highest BCUT2D eigenvalue weighted by Crippen LogP contribution is 2.22. The maximum Gasteiger partial charge on any atom is 0.194 e. The van der Waals surface area contributed by atoms with Crippen LogP contribution in [0, 0.1) is 0 Å². The molecule has 0 radical (unpaired) electrons. The Balaban J connectivity index is 1.35. The molecule has 2 aromatic rings. The summed E-state index contributed by atoms with van der Waals surface area (Å²) in [5, 5.41) is 3.55. The lowest BCUT2D eigenvalue weighted by Gasteiger charge is -2.38. The molecular weight excluding hydrogens is 392 g/mol. The molecule has 31 heavy (non-hydrogen) atoms. The van der Waals surface area contributed by atoms with E-state index in [0.717, 1.165) is 70.0 Å². The number of benzene rings is 1. The summed E-state index contributed by atoms with van der Waals surface area (Å²) in [5.41, 5.74) is 2.38. The molecule has 0 aliphatic carbocycles. The number of hydrogen-bond acceptors (Lipinski definition) is 6. The minimum absolute atomic E-state index is 0.698. The number of nitrogens with one attached hydrogen (secondary N) is 1. The van der Waals surface area contributed by atoms with Crippen molar-refractivity contribution in [1.82, 2.24) is 15.2 Å². The number of pyridine rings is 1. The largest absolute Gasteiger partial charge is 0.497 e. The van der Waals surface area contributed by atoms with Gasteiger partial charge < -0.3 is 29.5 Å². The monoisotopic (exact) mass is 424 g/mol. The number of ether oxygens (including phenoxy) is 2. The maximum atomic E-state index is 5.49. The summed E-state index contributed by atoms with van der Waals surface area (Å²) < 4.78 is 10.9. The molecule has 0 bridgehead atoms. The zero-order valence-corrected chi connectivity index (χ0v) is 18.5. The van der Waals surface area contributed by atoms with Crippen molar-refractivity contribution in [1.29, 1.82) is 0 Å². The Labute approximate surface area is 184 Å². The van der Waals surface area contributed by atoms with E-state index in [4.69, 9.17) is 9.47 Å². The van der Waals surface area contributed by atoms with Gasteiger partial charge in [-0.3, -0.25) is 4.99 Å². The Hall–Kier alpha value is -3.00. The molecule has 1 aromatic heterocycles. The van der Waals surface area contributed by atoms with Crippen LogP contribution in [0.25, 0.3) is 0 Å². The number of guanidine groups is 1. The first kappa shape index (κ1) is 21.2. The standard InChI is InChI=1S/C23H32N6O2/c1-24-23(26-18-19-5-4-8-25-22(19)28-13-15-31-16-14-28)29-11-9-27(10-12-29)20-6-3-7-21(17-20)30-2/h3-8,17H,9-16,18H2,1-2H3,(H,24,26).